The number of hydrogen-bond acceptors (Lipinski definition) is 2. The number of carbonyl (C=O) groups excluding carboxylic acids is 1. The van der Waals surface area contributed by atoms with E-state index < -0.39 is 4.33 Å². The minimum Gasteiger partial charge on any atom is -0.340 e. The standard InChI is InChI=1S/C10H16Cl2N2O/c1-8(15)14-4-2-13(3-5-14)7-9-6-10(9,11)12/h9H,2-7H2,1H3/t9-/m1/s1. The van der Waals surface area contributed by atoms with Crippen molar-refractivity contribution in [2.24, 2.45) is 5.92 Å². The van der Waals surface area contributed by atoms with E-state index in [1.807, 2.05) is 4.90 Å². The molecule has 1 saturated heterocycles. The maximum atomic E-state index is 11.1. The molecule has 1 aliphatic heterocycles. The zero-order valence-electron chi connectivity index (χ0n) is 8.88. The Hall–Kier alpha value is 0.01000. The number of hydrogen-bond donors (Lipinski definition) is 0. The molecule has 1 aliphatic carbocycles. The summed E-state index contributed by atoms with van der Waals surface area (Å²) in [6, 6.07) is 0. The molecule has 0 aromatic carbocycles. The van der Waals surface area contributed by atoms with Crippen LogP contribution < -0.4 is 0 Å². The summed E-state index contributed by atoms with van der Waals surface area (Å²) in [4.78, 5) is 15.3. The van der Waals surface area contributed by atoms with Crippen LogP contribution in [0.15, 0.2) is 0 Å². The van der Waals surface area contributed by atoms with Crippen molar-refractivity contribution in [3.8, 4) is 0 Å². The zero-order valence-corrected chi connectivity index (χ0v) is 10.4. The summed E-state index contributed by atoms with van der Waals surface area (Å²) in [5.74, 6) is 0.592. The van der Waals surface area contributed by atoms with Gasteiger partial charge in [-0.15, -0.1) is 23.2 Å². The van der Waals surface area contributed by atoms with Gasteiger partial charge >= 0.3 is 0 Å². The molecule has 86 valence electrons. The highest BCUT2D eigenvalue weighted by Crippen LogP contribution is 2.53. The maximum absolute atomic E-state index is 11.1. The van der Waals surface area contributed by atoms with Crippen LogP contribution in [0.4, 0.5) is 0 Å². The lowest BCUT2D eigenvalue weighted by molar-refractivity contribution is -0.130. The highest BCUT2D eigenvalue weighted by Gasteiger charge is 2.52. The molecule has 0 spiro atoms. The molecule has 0 aromatic rings. The quantitative estimate of drug-likeness (QED) is 0.691. The molecule has 2 aliphatic rings. The molecule has 2 rings (SSSR count). The fourth-order valence-corrected chi connectivity index (χ4v) is 2.54. The third-order valence-electron chi connectivity index (χ3n) is 3.25. The first-order chi connectivity index (χ1) is 6.99. The van der Waals surface area contributed by atoms with Gasteiger partial charge in [-0.2, -0.15) is 0 Å². The molecule has 0 aromatic heterocycles. The topological polar surface area (TPSA) is 23.6 Å². The molecule has 15 heavy (non-hydrogen) atoms. The highest BCUT2D eigenvalue weighted by molar-refractivity contribution is 6.50. The highest BCUT2D eigenvalue weighted by atomic mass is 35.5. The summed E-state index contributed by atoms with van der Waals surface area (Å²) in [5, 5.41) is 0. The molecule has 1 saturated carbocycles. The summed E-state index contributed by atoms with van der Waals surface area (Å²) in [6.07, 6.45) is 0.906. The molecule has 1 heterocycles. The first-order valence-electron chi connectivity index (χ1n) is 5.35. The summed E-state index contributed by atoms with van der Waals surface area (Å²) in [6.45, 7) is 6.15. The van der Waals surface area contributed by atoms with Crippen LogP contribution in [0.2, 0.25) is 0 Å². The number of alkyl halides is 2. The van der Waals surface area contributed by atoms with Gasteiger partial charge in [-0.1, -0.05) is 0 Å². The molecule has 0 radical (unpaired) electrons. The number of carbonyl (C=O) groups is 1. The van der Waals surface area contributed by atoms with Gasteiger partial charge in [0.25, 0.3) is 0 Å². The fourth-order valence-electron chi connectivity index (χ4n) is 2.02. The van der Waals surface area contributed by atoms with Gasteiger partial charge in [0, 0.05) is 45.6 Å². The Morgan fingerprint density at radius 1 is 1.33 bits per heavy atom. The lowest BCUT2D eigenvalue weighted by Crippen LogP contribution is -2.48. The lowest BCUT2D eigenvalue weighted by atomic mass is 10.3. The molecular formula is C10H16Cl2N2O. The number of piperazine rings is 1. The first kappa shape index (κ1) is 11.5. The maximum Gasteiger partial charge on any atom is 0.219 e. The van der Waals surface area contributed by atoms with Gasteiger partial charge < -0.3 is 4.90 Å². The third-order valence-corrected chi connectivity index (χ3v) is 4.18. The van der Waals surface area contributed by atoms with Gasteiger partial charge in [0.2, 0.25) is 5.91 Å². The third kappa shape index (κ3) is 2.77. The summed E-state index contributed by atoms with van der Waals surface area (Å²) in [5.41, 5.74) is 0. The Labute approximate surface area is 100 Å². The van der Waals surface area contributed by atoms with Crippen molar-refractivity contribution in [1.82, 2.24) is 9.80 Å². The molecular weight excluding hydrogens is 235 g/mol. The Morgan fingerprint density at radius 2 is 1.87 bits per heavy atom. The van der Waals surface area contributed by atoms with E-state index in [4.69, 9.17) is 23.2 Å². The number of rotatable bonds is 2. The van der Waals surface area contributed by atoms with Crippen LogP contribution in [0.25, 0.3) is 0 Å². The minimum absolute atomic E-state index is 0.171. The zero-order chi connectivity index (χ0) is 11.1. The van der Waals surface area contributed by atoms with Crippen molar-refractivity contribution < 1.29 is 4.79 Å². The SMILES string of the molecule is CC(=O)N1CCN(C[C@H]2CC2(Cl)Cl)CC1. The second-order valence-electron chi connectivity index (χ2n) is 4.47. The molecule has 3 nitrogen and oxygen atoms in total. The van der Waals surface area contributed by atoms with Crippen molar-refractivity contribution in [2.45, 2.75) is 17.7 Å². The van der Waals surface area contributed by atoms with Crippen LogP contribution in [0.1, 0.15) is 13.3 Å². The molecule has 0 bridgehead atoms. The van der Waals surface area contributed by atoms with Crippen LogP contribution in [-0.4, -0.2) is 52.8 Å². The minimum atomic E-state index is -0.474. The average molecular weight is 251 g/mol. The summed E-state index contributed by atoms with van der Waals surface area (Å²) in [7, 11) is 0. The summed E-state index contributed by atoms with van der Waals surface area (Å²) >= 11 is 12.0. The van der Waals surface area contributed by atoms with Crippen molar-refractivity contribution in [1.29, 1.82) is 0 Å². The van der Waals surface area contributed by atoms with Crippen LogP contribution >= 0.6 is 23.2 Å². The van der Waals surface area contributed by atoms with Crippen molar-refractivity contribution in [2.75, 3.05) is 32.7 Å². The predicted octanol–water partition coefficient (Wildman–Crippen LogP) is 1.34. The second kappa shape index (κ2) is 4.11. The van der Waals surface area contributed by atoms with Crippen molar-refractivity contribution in [3.05, 3.63) is 0 Å². The monoisotopic (exact) mass is 250 g/mol. The van der Waals surface area contributed by atoms with E-state index in [0.29, 0.717) is 5.92 Å². The normalized spacial score (nSPS) is 30.3. The Kier molecular flexibility index (Phi) is 3.15. The molecule has 1 amide bonds. The van der Waals surface area contributed by atoms with Crippen LogP contribution in [0.3, 0.4) is 0 Å². The number of amides is 1. The van der Waals surface area contributed by atoms with Gasteiger partial charge in [0.05, 0.1) is 0 Å². The van der Waals surface area contributed by atoms with E-state index in [0.717, 1.165) is 39.1 Å². The van der Waals surface area contributed by atoms with Crippen LogP contribution in [0, 0.1) is 5.92 Å². The molecule has 0 N–H and O–H groups in total. The van der Waals surface area contributed by atoms with Crippen molar-refractivity contribution in [3.63, 3.8) is 0 Å². The van der Waals surface area contributed by atoms with E-state index in [2.05, 4.69) is 4.90 Å². The Balaban J connectivity index is 1.72. The smallest absolute Gasteiger partial charge is 0.219 e. The molecule has 1 atom stereocenters. The summed E-state index contributed by atoms with van der Waals surface area (Å²) < 4.78 is -0.474. The largest absolute Gasteiger partial charge is 0.340 e. The molecule has 0 unspecified atom stereocenters. The van der Waals surface area contributed by atoms with Crippen molar-refractivity contribution >= 4 is 29.1 Å². The van der Waals surface area contributed by atoms with E-state index >= 15 is 0 Å². The van der Waals surface area contributed by atoms with E-state index in [9.17, 15) is 4.79 Å². The van der Waals surface area contributed by atoms with Gasteiger partial charge in [-0.3, -0.25) is 9.69 Å². The Morgan fingerprint density at radius 3 is 2.27 bits per heavy atom. The fraction of sp³-hybridized carbons (Fsp3) is 0.900. The van der Waals surface area contributed by atoms with Crippen LogP contribution in [-0.2, 0) is 4.79 Å². The average Bonchev–Trinajstić information content (AvgIpc) is 2.74. The van der Waals surface area contributed by atoms with Crippen LogP contribution in [0.5, 0.6) is 0 Å². The second-order valence-corrected chi connectivity index (χ2v) is 6.01. The predicted molar refractivity (Wildman–Crippen MR) is 61.2 cm³/mol. The van der Waals surface area contributed by atoms with E-state index in [1.54, 1.807) is 6.92 Å². The Bertz CT molecular complexity index is 262. The lowest BCUT2D eigenvalue weighted by Gasteiger charge is -2.34. The first-order valence-corrected chi connectivity index (χ1v) is 6.10. The molecule has 5 heteroatoms. The van der Waals surface area contributed by atoms with Gasteiger partial charge in [-0.05, 0) is 6.42 Å². The van der Waals surface area contributed by atoms with Gasteiger partial charge in [-0.25, -0.2) is 0 Å². The molecule has 2 fully saturated rings. The van der Waals surface area contributed by atoms with Gasteiger partial charge in [0.1, 0.15) is 4.33 Å². The van der Waals surface area contributed by atoms with E-state index in [1.165, 1.54) is 0 Å². The van der Waals surface area contributed by atoms with E-state index in [-0.39, 0.29) is 5.91 Å². The van der Waals surface area contributed by atoms with Gasteiger partial charge in [0.15, 0.2) is 0 Å². The number of halogens is 2. The number of nitrogens with zero attached hydrogens (tertiary/aromatic N) is 2.